The highest BCUT2D eigenvalue weighted by molar-refractivity contribution is 5.94. The minimum absolute atomic E-state index is 0.0462. The van der Waals surface area contributed by atoms with Crippen molar-refractivity contribution in [2.75, 3.05) is 39.9 Å². The normalized spacial score (nSPS) is 21.0. The van der Waals surface area contributed by atoms with Crippen molar-refractivity contribution in [1.29, 1.82) is 0 Å². The number of carbonyl (C=O) groups is 2. The maximum Gasteiger partial charge on any atom is 0.321 e. The van der Waals surface area contributed by atoms with Gasteiger partial charge >= 0.3 is 6.03 Å². The lowest BCUT2D eigenvalue weighted by Crippen LogP contribution is -2.50. The molecule has 1 atom stereocenters. The fraction of sp³-hybridized carbons (Fsp3) is 0.441. The first-order valence-electron chi connectivity index (χ1n) is 15.3. The average molecular weight is 586 g/mol. The molecule has 1 unspecified atom stereocenters. The van der Waals surface area contributed by atoms with E-state index >= 15 is 0 Å². The van der Waals surface area contributed by atoms with Gasteiger partial charge in [0.15, 0.2) is 0 Å². The third-order valence-electron chi connectivity index (χ3n) is 8.67. The number of benzene rings is 1. The summed E-state index contributed by atoms with van der Waals surface area (Å²) in [5.41, 5.74) is 2.86. The summed E-state index contributed by atoms with van der Waals surface area (Å²) in [5, 5.41) is 2.61. The predicted molar refractivity (Wildman–Crippen MR) is 167 cm³/mol. The van der Waals surface area contributed by atoms with Crippen LogP contribution in [0.25, 0.3) is 0 Å². The van der Waals surface area contributed by atoms with Crippen LogP contribution in [-0.4, -0.2) is 89.6 Å². The van der Waals surface area contributed by atoms with Crippen LogP contribution in [0.2, 0.25) is 0 Å². The maximum absolute atomic E-state index is 13.9. The highest BCUT2D eigenvalue weighted by Gasteiger charge is 2.45. The Morgan fingerprint density at radius 1 is 1.09 bits per heavy atom. The number of hydrogen-bond donors (Lipinski definition) is 1. The van der Waals surface area contributed by atoms with Crippen molar-refractivity contribution in [1.82, 2.24) is 25.0 Å². The predicted octanol–water partition coefficient (Wildman–Crippen LogP) is 5.17. The smallest absolute Gasteiger partial charge is 0.321 e. The molecule has 3 aliphatic heterocycles. The third kappa shape index (κ3) is 7.35. The van der Waals surface area contributed by atoms with E-state index < -0.39 is 0 Å². The van der Waals surface area contributed by atoms with Crippen molar-refractivity contribution in [2.45, 2.75) is 57.3 Å². The van der Waals surface area contributed by atoms with Gasteiger partial charge in [-0.1, -0.05) is 36.9 Å². The molecule has 5 rings (SSSR count). The van der Waals surface area contributed by atoms with Gasteiger partial charge in [-0.3, -0.25) is 9.69 Å². The minimum atomic E-state index is -0.134. The number of allylic oxidation sites excluding steroid dienone is 3. The molecular formula is C34H43N5O4. The molecule has 0 saturated carbocycles. The molecule has 9 nitrogen and oxygen atoms in total. The van der Waals surface area contributed by atoms with E-state index in [1.54, 1.807) is 37.4 Å². The maximum atomic E-state index is 13.9. The summed E-state index contributed by atoms with van der Waals surface area (Å²) in [4.78, 5) is 36.9. The highest BCUT2D eigenvalue weighted by Crippen LogP contribution is 2.33. The second kappa shape index (κ2) is 14.5. The van der Waals surface area contributed by atoms with E-state index in [9.17, 15) is 9.59 Å². The Morgan fingerprint density at radius 2 is 1.84 bits per heavy atom. The van der Waals surface area contributed by atoms with Gasteiger partial charge in [-0.2, -0.15) is 0 Å². The molecule has 1 aromatic heterocycles. The van der Waals surface area contributed by atoms with Gasteiger partial charge in [-0.15, -0.1) is 0 Å². The van der Waals surface area contributed by atoms with Gasteiger partial charge < -0.3 is 24.6 Å². The molecule has 43 heavy (non-hydrogen) atoms. The van der Waals surface area contributed by atoms with Crippen molar-refractivity contribution in [3.05, 3.63) is 90.2 Å². The van der Waals surface area contributed by atoms with E-state index in [0.717, 1.165) is 70.6 Å². The second-order valence-corrected chi connectivity index (χ2v) is 11.3. The van der Waals surface area contributed by atoms with Crippen LogP contribution in [0.5, 0.6) is 11.6 Å². The van der Waals surface area contributed by atoms with Crippen molar-refractivity contribution in [3.8, 4) is 11.6 Å². The van der Waals surface area contributed by atoms with Crippen LogP contribution in [0.4, 0.5) is 4.79 Å². The number of nitrogens with zero attached hydrogens (tertiary/aromatic N) is 4. The molecule has 1 N–H and O–H groups in total. The zero-order valence-corrected chi connectivity index (χ0v) is 25.3. The van der Waals surface area contributed by atoms with Crippen LogP contribution in [-0.2, 0) is 11.3 Å². The van der Waals surface area contributed by atoms with Crippen molar-refractivity contribution in [3.63, 3.8) is 0 Å². The van der Waals surface area contributed by atoms with Gasteiger partial charge in [0.25, 0.3) is 5.91 Å². The van der Waals surface area contributed by atoms with E-state index in [1.165, 1.54) is 5.57 Å². The SMILES string of the molecule is C=C/C=C\C(=C/C)C1CN(C2CCOCC2)C(=O)N1C1CCN(Cc2ccc(Oc3ccc(C(=O)NC)cc3)nc2)CC1. The van der Waals surface area contributed by atoms with Crippen LogP contribution in [0.3, 0.4) is 0 Å². The molecule has 0 spiro atoms. The molecule has 2 aromatic rings. The average Bonchev–Trinajstić information content (AvgIpc) is 3.39. The lowest BCUT2D eigenvalue weighted by Gasteiger charge is -2.39. The number of likely N-dealkylation sites (tertiary alicyclic amines) is 1. The topological polar surface area (TPSA) is 87.2 Å². The number of ether oxygens (including phenoxy) is 2. The summed E-state index contributed by atoms with van der Waals surface area (Å²) in [6, 6.07) is 11.6. The van der Waals surface area contributed by atoms with Gasteiger partial charge in [0.2, 0.25) is 5.88 Å². The van der Waals surface area contributed by atoms with E-state index in [2.05, 4.69) is 50.7 Å². The Balaban J connectivity index is 1.18. The van der Waals surface area contributed by atoms with Crippen LogP contribution in [0.1, 0.15) is 48.5 Å². The Bertz CT molecular complexity index is 1310. The van der Waals surface area contributed by atoms with Crippen LogP contribution in [0, 0.1) is 0 Å². The highest BCUT2D eigenvalue weighted by atomic mass is 16.5. The van der Waals surface area contributed by atoms with Gasteiger partial charge in [-0.05, 0) is 68.0 Å². The Morgan fingerprint density at radius 3 is 2.47 bits per heavy atom. The molecule has 1 aromatic carbocycles. The van der Waals surface area contributed by atoms with Gasteiger partial charge in [0.1, 0.15) is 5.75 Å². The number of hydrogen-bond acceptors (Lipinski definition) is 6. The first-order chi connectivity index (χ1) is 21.0. The molecule has 4 heterocycles. The second-order valence-electron chi connectivity index (χ2n) is 11.3. The van der Waals surface area contributed by atoms with E-state index in [1.807, 2.05) is 24.4 Å². The van der Waals surface area contributed by atoms with Crippen LogP contribution >= 0.6 is 0 Å². The summed E-state index contributed by atoms with van der Waals surface area (Å²) >= 11 is 0. The van der Waals surface area contributed by atoms with E-state index in [-0.39, 0.29) is 30.1 Å². The summed E-state index contributed by atoms with van der Waals surface area (Å²) < 4.78 is 11.4. The lowest BCUT2D eigenvalue weighted by atomic mass is 9.98. The minimum Gasteiger partial charge on any atom is -0.439 e. The summed E-state index contributed by atoms with van der Waals surface area (Å²) in [5.74, 6) is 0.999. The summed E-state index contributed by atoms with van der Waals surface area (Å²) in [6.45, 7) is 10.7. The van der Waals surface area contributed by atoms with Gasteiger partial charge in [0, 0.05) is 76.4 Å². The largest absolute Gasteiger partial charge is 0.439 e. The number of urea groups is 1. The Kier molecular flexibility index (Phi) is 10.3. The zero-order chi connectivity index (χ0) is 30.2. The third-order valence-corrected chi connectivity index (χ3v) is 8.67. The van der Waals surface area contributed by atoms with Gasteiger partial charge in [-0.25, -0.2) is 9.78 Å². The lowest BCUT2D eigenvalue weighted by molar-refractivity contribution is 0.0493. The Labute approximate surface area is 254 Å². The number of aromatic nitrogens is 1. The molecule has 228 valence electrons. The first kappa shape index (κ1) is 30.5. The molecule has 3 amide bonds. The molecule has 9 heteroatoms. The van der Waals surface area contributed by atoms with Crippen molar-refractivity contribution < 1.29 is 19.1 Å². The van der Waals surface area contributed by atoms with E-state index in [0.29, 0.717) is 17.2 Å². The standard InChI is InChI=1S/C34H43N5O4/c1-4-6-7-26(5-2)31-24-38(28-16-20-42-21-17-28)34(41)39(31)29-14-18-37(19-15-29)23-25-8-13-32(36-22-25)43-30-11-9-27(10-12-30)33(40)35-3/h4-13,22,28-29,31H,1,14-21,23-24H2,2-3H3,(H,35,40)/b7-6-,26-5+. The monoisotopic (exact) mass is 585 g/mol. The molecule has 0 bridgehead atoms. The molecular weight excluding hydrogens is 542 g/mol. The summed E-state index contributed by atoms with van der Waals surface area (Å²) in [6.07, 6.45) is 13.5. The molecule has 3 aliphatic rings. The number of piperidine rings is 1. The van der Waals surface area contributed by atoms with Crippen molar-refractivity contribution >= 4 is 11.9 Å². The fourth-order valence-corrected chi connectivity index (χ4v) is 6.31. The van der Waals surface area contributed by atoms with Crippen LogP contribution in [0.15, 0.2) is 79.1 Å². The quantitative estimate of drug-likeness (QED) is 0.387. The number of pyridine rings is 1. The fourth-order valence-electron chi connectivity index (χ4n) is 6.31. The molecule has 3 saturated heterocycles. The zero-order valence-electron chi connectivity index (χ0n) is 25.3. The van der Waals surface area contributed by atoms with E-state index in [4.69, 9.17) is 9.47 Å². The molecule has 3 fully saturated rings. The van der Waals surface area contributed by atoms with Crippen LogP contribution < -0.4 is 10.1 Å². The molecule has 0 aliphatic carbocycles. The first-order valence-corrected chi connectivity index (χ1v) is 15.3. The summed E-state index contributed by atoms with van der Waals surface area (Å²) in [7, 11) is 1.61. The van der Waals surface area contributed by atoms with Gasteiger partial charge in [0.05, 0.1) is 6.04 Å². The number of nitrogens with one attached hydrogen (secondary N) is 1. The number of rotatable bonds is 10. The number of amides is 3. The molecule has 0 radical (unpaired) electrons. The number of carbonyl (C=O) groups excluding carboxylic acids is 2. The Hall–Kier alpha value is -3.95. The van der Waals surface area contributed by atoms with Crippen molar-refractivity contribution in [2.24, 2.45) is 0 Å².